The largest absolute Gasteiger partial charge is 0.333 e. The predicted octanol–water partition coefficient (Wildman–Crippen LogP) is 6.23. The van der Waals surface area contributed by atoms with Crippen LogP contribution >= 0.6 is 11.6 Å². The Balaban J connectivity index is 2.18. The number of unbranched alkanes of at least 4 members (excludes halogenated alkanes) is 3. The molecule has 0 fully saturated rings. The van der Waals surface area contributed by atoms with Gasteiger partial charge >= 0.3 is 0 Å². The summed E-state index contributed by atoms with van der Waals surface area (Å²) >= 11 is 6.18. The van der Waals surface area contributed by atoms with Crippen molar-refractivity contribution < 1.29 is 4.79 Å². The number of aromatic nitrogens is 2. The van der Waals surface area contributed by atoms with E-state index < -0.39 is 0 Å². The van der Waals surface area contributed by atoms with E-state index in [0.717, 1.165) is 36.9 Å². The van der Waals surface area contributed by atoms with Crippen LogP contribution in [0.3, 0.4) is 0 Å². The lowest BCUT2D eigenvalue weighted by Crippen LogP contribution is -2.38. The molecule has 1 unspecified atom stereocenters. The normalized spacial score (nSPS) is 12.2. The van der Waals surface area contributed by atoms with E-state index in [4.69, 9.17) is 16.6 Å². The monoisotopic (exact) mass is 453 g/mol. The Bertz CT molecular complexity index is 1160. The van der Waals surface area contributed by atoms with Crippen LogP contribution in [0, 0.1) is 6.92 Å². The quantitative estimate of drug-likeness (QED) is 0.361. The van der Waals surface area contributed by atoms with Crippen molar-refractivity contribution in [3.63, 3.8) is 0 Å². The lowest BCUT2D eigenvalue weighted by molar-refractivity contribution is -0.133. The smallest absolute Gasteiger partial charge is 0.266 e. The first kappa shape index (κ1) is 24.0. The average molecular weight is 454 g/mol. The van der Waals surface area contributed by atoms with Gasteiger partial charge in [0.1, 0.15) is 5.82 Å². The number of nitrogens with zero attached hydrogens (tertiary/aromatic N) is 3. The molecule has 0 saturated heterocycles. The van der Waals surface area contributed by atoms with Crippen molar-refractivity contribution in [2.24, 2.45) is 0 Å². The van der Waals surface area contributed by atoms with Gasteiger partial charge in [0, 0.05) is 18.0 Å². The van der Waals surface area contributed by atoms with E-state index in [9.17, 15) is 9.59 Å². The molecule has 6 heteroatoms. The molecule has 0 aliphatic rings. The van der Waals surface area contributed by atoms with E-state index in [1.165, 1.54) is 0 Å². The number of carbonyl (C=O) groups is 1. The SMILES string of the molecule is CCCCCCN(C(=O)CC)C(C)c1nc2ccccc2c(=O)n1-c1ccc(Cl)cc1C. The van der Waals surface area contributed by atoms with E-state index in [0.29, 0.717) is 34.7 Å². The first-order valence-corrected chi connectivity index (χ1v) is 11.8. The van der Waals surface area contributed by atoms with Gasteiger partial charge in [0.25, 0.3) is 5.56 Å². The number of aryl methyl sites for hydroxylation is 1. The molecule has 0 N–H and O–H groups in total. The van der Waals surface area contributed by atoms with Gasteiger partial charge in [-0.3, -0.25) is 14.2 Å². The predicted molar refractivity (Wildman–Crippen MR) is 132 cm³/mol. The van der Waals surface area contributed by atoms with E-state index in [2.05, 4.69) is 6.92 Å². The Morgan fingerprint density at radius 2 is 1.88 bits per heavy atom. The molecule has 0 spiro atoms. The second-order valence-electron chi connectivity index (χ2n) is 8.24. The first-order valence-electron chi connectivity index (χ1n) is 11.5. The highest BCUT2D eigenvalue weighted by atomic mass is 35.5. The number of halogens is 1. The summed E-state index contributed by atoms with van der Waals surface area (Å²) in [4.78, 5) is 33.3. The molecule has 1 heterocycles. The summed E-state index contributed by atoms with van der Waals surface area (Å²) in [6.45, 7) is 8.58. The zero-order chi connectivity index (χ0) is 23.3. The average Bonchev–Trinajstić information content (AvgIpc) is 2.79. The van der Waals surface area contributed by atoms with Gasteiger partial charge in [0.2, 0.25) is 5.91 Å². The summed E-state index contributed by atoms with van der Waals surface area (Å²) in [5.74, 6) is 0.632. The van der Waals surface area contributed by atoms with Crippen LogP contribution in [0.4, 0.5) is 0 Å². The molecule has 1 amide bonds. The zero-order valence-corrected chi connectivity index (χ0v) is 20.2. The van der Waals surface area contributed by atoms with Crippen molar-refractivity contribution >= 4 is 28.4 Å². The third kappa shape index (κ3) is 5.04. The van der Waals surface area contributed by atoms with E-state index in [1.54, 1.807) is 16.7 Å². The van der Waals surface area contributed by atoms with Crippen LogP contribution in [0.5, 0.6) is 0 Å². The maximum absolute atomic E-state index is 13.6. The van der Waals surface area contributed by atoms with Crippen molar-refractivity contribution in [2.45, 2.75) is 65.8 Å². The van der Waals surface area contributed by atoms with Gasteiger partial charge in [-0.1, -0.05) is 56.8 Å². The summed E-state index contributed by atoms with van der Waals surface area (Å²) in [7, 11) is 0. The number of fused-ring (bicyclic) bond motifs is 1. The number of hydrogen-bond acceptors (Lipinski definition) is 3. The maximum Gasteiger partial charge on any atom is 0.266 e. The highest BCUT2D eigenvalue weighted by Gasteiger charge is 2.26. The second kappa shape index (κ2) is 10.8. The third-order valence-electron chi connectivity index (χ3n) is 5.92. The first-order chi connectivity index (χ1) is 15.4. The molecule has 32 heavy (non-hydrogen) atoms. The highest BCUT2D eigenvalue weighted by Crippen LogP contribution is 2.26. The molecule has 2 aromatic carbocycles. The fourth-order valence-electron chi connectivity index (χ4n) is 4.12. The molecule has 1 atom stereocenters. The second-order valence-corrected chi connectivity index (χ2v) is 8.67. The van der Waals surface area contributed by atoms with Crippen LogP contribution in [0.25, 0.3) is 16.6 Å². The summed E-state index contributed by atoms with van der Waals surface area (Å²) in [6, 6.07) is 12.5. The Morgan fingerprint density at radius 3 is 2.56 bits per heavy atom. The number of amides is 1. The molecule has 0 aliphatic heterocycles. The highest BCUT2D eigenvalue weighted by molar-refractivity contribution is 6.30. The topological polar surface area (TPSA) is 55.2 Å². The standard InChI is InChI=1S/C26H32ClN3O2/c1-5-7-8-11-16-29(24(31)6-2)19(4)25-28-22-13-10-9-12-21(22)26(32)30(25)23-15-14-20(27)17-18(23)3/h9-10,12-15,17,19H,5-8,11,16H2,1-4H3. The number of benzene rings is 2. The number of hydrogen-bond donors (Lipinski definition) is 0. The molecule has 0 aliphatic carbocycles. The van der Waals surface area contributed by atoms with Crippen LogP contribution in [0.2, 0.25) is 5.02 Å². The molecule has 170 valence electrons. The molecular formula is C26H32ClN3O2. The molecule has 3 rings (SSSR count). The Morgan fingerprint density at radius 1 is 1.12 bits per heavy atom. The van der Waals surface area contributed by atoms with Crippen LogP contribution in [-0.4, -0.2) is 26.9 Å². The zero-order valence-electron chi connectivity index (χ0n) is 19.4. The molecular weight excluding hydrogens is 422 g/mol. The number of carbonyl (C=O) groups excluding carboxylic acids is 1. The van der Waals surface area contributed by atoms with Gasteiger partial charge < -0.3 is 4.90 Å². The Kier molecular flexibility index (Phi) is 8.08. The summed E-state index contributed by atoms with van der Waals surface area (Å²) in [5, 5.41) is 1.16. The fourth-order valence-corrected chi connectivity index (χ4v) is 4.35. The minimum absolute atomic E-state index is 0.0655. The number of rotatable bonds is 9. The van der Waals surface area contributed by atoms with Gasteiger partial charge in [-0.05, 0) is 56.2 Å². The molecule has 5 nitrogen and oxygen atoms in total. The minimum atomic E-state index is -0.350. The molecule has 1 aromatic heterocycles. The van der Waals surface area contributed by atoms with E-state index in [-0.39, 0.29) is 17.5 Å². The molecule has 0 saturated carbocycles. The molecule has 0 bridgehead atoms. The maximum atomic E-state index is 13.6. The fraction of sp³-hybridized carbons (Fsp3) is 0.423. The van der Waals surface area contributed by atoms with Crippen molar-refractivity contribution in [1.82, 2.24) is 14.5 Å². The van der Waals surface area contributed by atoms with Gasteiger partial charge in [-0.15, -0.1) is 0 Å². The van der Waals surface area contributed by atoms with Crippen molar-refractivity contribution in [3.05, 3.63) is 69.2 Å². The van der Waals surface area contributed by atoms with Gasteiger partial charge in [0.05, 0.1) is 22.6 Å². The van der Waals surface area contributed by atoms with Gasteiger partial charge in [-0.25, -0.2) is 4.98 Å². The lowest BCUT2D eigenvalue weighted by atomic mass is 10.1. The third-order valence-corrected chi connectivity index (χ3v) is 6.15. The van der Waals surface area contributed by atoms with E-state index in [1.807, 2.05) is 56.0 Å². The summed E-state index contributed by atoms with van der Waals surface area (Å²) in [6.07, 6.45) is 4.70. The molecule has 0 radical (unpaired) electrons. The van der Waals surface area contributed by atoms with E-state index >= 15 is 0 Å². The van der Waals surface area contributed by atoms with Crippen molar-refractivity contribution in [3.8, 4) is 5.69 Å². The van der Waals surface area contributed by atoms with Crippen molar-refractivity contribution in [1.29, 1.82) is 0 Å². The van der Waals surface area contributed by atoms with Crippen LogP contribution in [0.15, 0.2) is 47.3 Å². The lowest BCUT2D eigenvalue weighted by Gasteiger charge is -2.30. The number of para-hydroxylation sites is 1. The summed E-state index contributed by atoms with van der Waals surface area (Å²) in [5.41, 5.74) is 2.10. The van der Waals surface area contributed by atoms with Crippen LogP contribution in [-0.2, 0) is 4.79 Å². The Hall–Kier alpha value is -2.66. The minimum Gasteiger partial charge on any atom is -0.333 e. The summed E-state index contributed by atoms with van der Waals surface area (Å²) < 4.78 is 1.65. The molecule has 3 aromatic rings. The van der Waals surface area contributed by atoms with Crippen molar-refractivity contribution in [2.75, 3.05) is 6.54 Å². The van der Waals surface area contributed by atoms with Crippen LogP contribution in [0.1, 0.15) is 70.3 Å². The van der Waals surface area contributed by atoms with Crippen LogP contribution < -0.4 is 5.56 Å². The van der Waals surface area contributed by atoms with Gasteiger partial charge in [0.15, 0.2) is 0 Å². The van der Waals surface area contributed by atoms with Gasteiger partial charge in [-0.2, -0.15) is 0 Å². The Labute approximate surface area is 195 Å².